The molecule has 4 N–H and O–H groups in total. The fourth-order valence-corrected chi connectivity index (χ4v) is 5.61. The van der Waals surface area contributed by atoms with Crippen molar-refractivity contribution in [2.75, 3.05) is 26.4 Å². The number of ether oxygens (including phenoxy) is 2. The Bertz CT molecular complexity index is 909. The number of allylic oxidation sites excluding steroid dienone is 4. The first-order chi connectivity index (χ1) is 23.2. The molecule has 2 unspecified atom stereocenters. The summed E-state index contributed by atoms with van der Waals surface area (Å²) in [7, 11) is -4.39. The first kappa shape index (κ1) is 46.2. The van der Waals surface area contributed by atoms with E-state index in [1.807, 2.05) is 24.3 Å². The van der Waals surface area contributed by atoms with E-state index in [-0.39, 0.29) is 32.6 Å². The molecule has 0 saturated carbocycles. The highest BCUT2D eigenvalue weighted by molar-refractivity contribution is 7.47. The average molecular weight is 702 g/mol. The highest BCUT2D eigenvalue weighted by atomic mass is 31.2. The van der Waals surface area contributed by atoms with Gasteiger partial charge in [0.15, 0.2) is 6.10 Å². The van der Waals surface area contributed by atoms with Crippen LogP contribution in [0.3, 0.4) is 0 Å². The van der Waals surface area contributed by atoms with Crippen molar-refractivity contribution in [3.8, 4) is 0 Å². The average Bonchev–Trinajstić information content (AvgIpc) is 3.06. The maximum Gasteiger partial charge on any atom is 0.472 e. The molecule has 3 atom stereocenters. The minimum atomic E-state index is -4.39. The van der Waals surface area contributed by atoms with Crippen LogP contribution in [0.5, 0.6) is 0 Å². The van der Waals surface area contributed by atoms with Crippen molar-refractivity contribution in [1.29, 1.82) is 0 Å². The van der Waals surface area contributed by atoms with Crippen LogP contribution in [0.4, 0.5) is 0 Å². The molecule has 280 valence electrons. The molecule has 0 saturated heterocycles. The van der Waals surface area contributed by atoms with E-state index in [9.17, 15) is 24.2 Å². The van der Waals surface area contributed by atoms with Crippen LogP contribution in [0.25, 0.3) is 0 Å². The lowest BCUT2D eigenvalue weighted by Gasteiger charge is -2.19. The molecule has 0 aliphatic heterocycles. The number of carbonyl (C=O) groups excluding carboxylic acids is 2. The van der Waals surface area contributed by atoms with Gasteiger partial charge in [0, 0.05) is 19.4 Å². The highest BCUT2D eigenvalue weighted by Gasteiger charge is 2.25. The SMILES string of the molecule is CC/C=C/CC(O)/C=C/C=C/CCCCCCCC(=O)O[C@H](COC(=O)CCCCCCCCCCCCC)COP(=O)(O)OCCN. The molecule has 10 nitrogen and oxygen atoms in total. The lowest BCUT2D eigenvalue weighted by molar-refractivity contribution is -0.161. The summed E-state index contributed by atoms with van der Waals surface area (Å²) in [6.07, 6.45) is 30.8. The number of phosphoric ester groups is 1. The van der Waals surface area contributed by atoms with E-state index in [0.717, 1.165) is 57.8 Å². The van der Waals surface area contributed by atoms with Gasteiger partial charge >= 0.3 is 19.8 Å². The first-order valence-electron chi connectivity index (χ1n) is 18.6. The highest BCUT2D eigenvalue weighted by Crippen LogP contribution is 2.43. The van der Waals surface area contributed by atoms with Gasteiger partial charge < -0.3 is 25.2 Å². The molecule has 0 spiro atoms. The van der Waals surface area contributed by atoms with Gasteiger partial charge in [-0.25, -0.2) is 4.57 Å². The van der Waals surface area contributed by atoms with Crippen molar-refractivity contribution in [2.45, 2.75) is 161 Å². The second kappa shape index (κ2) is 33.7. The Labute approximate surface area is 291 Å². The van der Waals surface area contributed by atoms with Crippen molar-refractivity contribution < 1.29 is 42.7 Å². The zero-order valence-electron chi connectivity index (χ0n) is 30.1. The van der Waals surface area contributed by atoms with E-state index in [1.165, 1.54) is 51.4 Å². The number of hydrogen-bond acceptors (Lipinski definition) is 9. The molecular formula is C37H68NO9P. The largest absolute Gasteiger partial charge is 0.472 e. The normalized spacial score (nSPS) is 14.5. The molecule has 0 bridgehead atoms. The lowest BCUT2D eigenvalue weighted by Crippen LogP contribution is -2.29. The van der Waals surface area contributed by atoms with Crippen molar-refractivity contribution in [3.05, 3.63) is 36.5 Å². The summed E-state index contributed by atoms with van der Waals surface area (Å²) in [6.45, 7) is 3.45. The lowest BCUT2D eigenvalue weighted by atomic mass is 10.1. The summed E-state index contributed by atoms with van der Waals surface area (Å²) < 4.78 is 32.6. The molecule has 0 aliphatic carbocycles. The smallest absolute Gasteiger partial charge is 0.462 e. The van der Waals surface area contributed by atoms with E-state index < -0.39 is 38.6 Å². The van der Waals surface area contributed by atoms with Crippen LogP contribution in [0.2, 0.25) is 0 Å². The standard InChI is InChI=1S/C37H68NO9P/c1-3-5-7-8-9-10-11-14-17-20-24-28-36(40)44-32-35(33-46-48(42,43)45-31-30-38)47-37(41)29-25-21-18-15-12-13-16-19-23-27-34(39)26-22-6-4-2/h6,16,19,22-23,27,34-35,39H,3-5,7-15,17-18,20-21,24-26,28-33,38H2,1-2H3,(H,42,43)/b19-16+,22-6+,27-23+/t34?,35-/m1/s1. The summed E-state index contributed by atoms with van der Waals surface area (Å²) in [4.78, 5) is 34.6. The van der Waals surface area contributed by atoms with E-state index in [0.29, 0.717) is 12.8 Å². The van der Waals surface area contributed by atoms with Gasteiger partial charge in [0.1, 0.15) is 6.61 Å². The number of nitrogens with two attached hydrogens (primary N) is 1. The second-order valence-electron chi connectivity index (χ2n) is 12.3. The fourth-order valence-electron chi connectivity index (χ4n) is 4.85. The third kappa shape index (κ3) is 32.7. The van der Waals surface area contributed by atoms with Crippen LogP contribution in [0, 0.1) is 0 Å². The summed E-state index contributed by atoms with van der Waals surface area (Å²) >= 11 is 0. The molecule has 0 aromatic rings. The number of carbonyl (C=O) groups is 2. The third-order valence-electron chi connectivity index (χ3n) is 7.62. The molecule has 0 heterocycles. The van der Waals surface area contributed by atoms with Crippen LogP contribution < -0.4 is 5.73 Å². The zero-order chi connectivity index (χ0) is 35.6. The number of aliphatic hydroxyl groups is 1. The summed E-state index contributed by atoms with van der Waals surface area (Å²) in [5.41, 5.74) is 5.32. The Morgan fingerprint density at radius 1 is 0.729 bits per heavy atom. The predicted molar refractivity (Wildman–Crippen MR) is 193 cm³/mol. The molecule has 0 rings (SSSR count). The van der Waals surface area contributed by atoms with Crippen LogP contribution in [-0.2, 0) is 32.7 Å². The minimum absolute atomic E-state index is 0.0411. The van der Waals surface area contributed by atoms with E-state index in [2.05, 4.69) is 19.9 Å². The van der Waals surface area contributed by atoms with Gasteiger partial charge in [-0.15, -0.1) is 0 Å². The second-order valence-corrected chi connectivity index (χ2v) is 13.7. The van der Waals surface area contributed by atoms with Gasteiger partial charge in [-0.1, -0.05) is 134 Å². The number of unbranched alkanes of at least 4 members (excludes halogenated alkanes) is 15. The van der Waals surface area contributed by atoms with Gasteiger partial charge in [-0.05, 0) is 38.5 Å². The predicted octanol–water partition coefficient (Wildman–Crippen LogP) is 8.80. The quantitative estimate of drug-likeness (QED) is 0.0195. The Morgan fingerprint density at radius 3 is 1.92 bits per heavy atom. The van der Waals surface area contributed by atoms with Crippen molar-refractivity contribution >= 4 is 19.8 Å². The maximum atomic E-state index is 12.5. The molecule has 0 aromatic carbocycles. The molecule has 0 aromatic heterocycles. The number of esters is 2. The van der Waals surface area contributed by atoms with Crippen molar-refractivity contribution in [3.63, 3.8) is 0 Å². The molecule has 0 fully saturated rings. The van der Waals surface area contributed by atoms with Crippen molar-refractivity contribution in [1.82, 2.24) is 0 Å². The van der Waals surface area contributed by atoms with Crippen LogP contribution >= 0.6 is 7.82 Å². The topological polar surface area (TPSA) is 155 Å². The Balaban J connectivity index is 4.32. The number of aliphatic hydroxyl groups excluding tert-OH is 1. The Hall–Kier alpha value is -1.81. The fraction of sp³-hybridized carbons (Fsp3) is 0.784. The van der Waals surface area contributed by atoms with Crippen LogP contribution in [-0.4, -0.2) is 60.5 Å². The van der Waals surface area contributed by atoms with Crippen LogP contribution in [0.15, 0.2) is 36.5 Å². The summed E-state index contributed by atoms with van der Waals surface area (Å²) in [5.74, 6) is -0.885. The zero-order valence-corrected chi connectivity index (χ0v) is 31.0. The maximum absolute atomic E-state index is 12.5. The van der Waals surface area contributed by atoms with Crippen molar-refractivity contribution in [2.24, 2.45) is 5.73 Å². The third-order valence-corrected chi connectivity index (χ3v) is 8.60. The van der Waals surface area contributed by atoms with E-state index >= 15 is 0 Å². The number of rotatable bonds is 34. The van der Waals surface area contributed by atoms with Gasteiger partial charge in [-0.3, -0.25) is 18.6 Å². The molecule has 0 radical (unpaired) electrons. The number of hydrogen-bond donors (Lipinski definition) is 3. The van der Waals surface area contributed by atoms with E-state index in [1.54, 1.807) is 6.08 Å². The van der Waals surface area contributed by atoms with Gasteiger partial charge in [-0.2, -0.15) is 0 Å². The molecule has 48 heavy (non-hydrogen) atoms. The number of phosphoric acid groups is 1. The van der Waals surface area contributed by atoms with Gasteiger partial charge in [0.05, 0.1) is 19.3 Å². The minimum Gasteiger partial charge on any atom is -0.462 e. The molecule has 0 amide bonds. The van der Waals surface area contributed by atoms with E-state index in [4.69, 9.17) is 24.3 Å². The monoisotopic (exact) mass is 701 g/mol. The van der Waals surface area contributed by atoms with Crippen LogP contribution in [0.1, 0.15) is 149 Å². The molecular weight excluding hydrogens is 633 g/mol. The van der Waals surface area contributed by atoms with Gasteiger partial charge in [0.2, 0.25) is 0 Å². The molecule has 11 heteroatoms. The summed E-state index contributed by atoms with van der Waals surface area (Å²) in [5, 5.41) is 9.84. The first-order valence-corrected chi connectivity index (χ1v) is 20.1. The van der Waals surface area contributed by atoms with Gasteiger partial charge in [0.25, 0.3) is 0 Å². The Kier molecular flexibility index (Phi) is 32.4. The summed E-state index contributed by atoms with van der Waals surface area (Å²) in [6, 6.07) is 0. The Morgan fingerprint density at radius 2 is 1.31 bits per heavy atom. The molecule has 0 aliphatic rings.